The molecule has 3 aromatic rings. The van der Waals surface area contributed by atoms with E-state index in [-0.39, 0.29) is 10.8 Å². The zero-order chi connectivity index (χ0) is 19.6. The Morgan fingerprint density at radius 3 is 2.48 bits per heavy atom. The molecule has 0 spiro atoms. The van der Waals surface area contributed by atoms with Crippen molar-refractivity contribution in [2.45, 2.75) is 17.0 Å². The van der Waals surface area contributed by atoms with Crippen LogP contribution in [0.3, 0.4) is 0 Å². The highest BCUT2D eigenvalue weighted by Crippen LogP contribution is 2.24. The number of anilines is 1. The van der Waals surface area contributed by atoms with E-state index in [1.165, 1.54) is 30.1 Å². The number of hydrogen-bond acceptors (Lipinski definition) is 5. The number of nitrogens with one attached hydrogen (secondary N) is 1. The molecule has 8 heteroatoms. The van der Waals surface area contributed by atoms with Gasteiger partial charge in [-0.05, 0) is 43.0 Å². The van der Waals surface area contributed by atoms with Gasteiger partial charge in [0.25, 0.3) is 5.91 Å². The molecule has 1 heterocycles. The zero-order valence-corrected chi connectivity index (χ0v) is 16.8. The maximum Gasteiger partial charge on any atom is 0.274 e. The molecule has 0 bridgehead atoms. The summed E-state index contributed by atoms with van der Waals surface area (Å²) in [6.45, 7) is 1.81. The van der Waals surface area contributed by atoms with Gasteiger partial charge in [-0.1, -0.05) is 36.0 Å². The molecule has 1 N–H and O–H groups in total. The molecule has 27 heavy (non-hydrogen) atoms. The van der Waals surface area contributed by atoms with Crippen LogP contribution in [0.25, 0.3) is 5.69 Å². The molecular formula is C19H19N3O3S2. The van der Waals surface area contributed by atoms with Gasteiger partial charge in [-0.25, -0.2) is 13.4 Å². The number of carbonyl (C=O) groups is 1. The maximum absolute atomic E-state index is 12.9. The highest BCUT2D eigenvalue weighted by molar-refractivity contribution is 7.98. The molecule has 0 saturated heterocycles. The maximum atomic E-state index is 12.9. The Balaban J connectivity index is 2.00. The lowest BCUT2D eigenvalue weighted by molar-refractivity contribution is 0.102. The second kappa shape index (κ2) is 7.58. The van der Waals surface area contributed by atoms with Crippen LogP contribution in [0.5, 0.6) is 0 Å². The minimum absolute atomic E-state index is 0.157. The van der Waals surface area contributed by atoms with E-state index >= 15 is 0 Å². The van der Waals surface area contributed by atoms with Gasteiger partial charge in [0.15, 0.2) is 15.0 Å². The fraction of sp³-hybridized carbons (Fsp3) is 0.158. The molecule has 0 radical (unpaired) electrons. The SMILES string of the molecule is CSc1ncc(C(=O)Nc2cc(S(C)(=O)=O)ccc2C)n1-c1ccccc1. The number of carbonyl (C=O) groups excluding carboxylic acids is 1. The van der Waals surface area contributed by atoms with Gasteiger partial charge in [0.1, 0.15) is 5.69 Å². The summed E-state index contributed by atoms with van der Waals surface area (Å²) >= 11 is 1.44. The second-order valence-corrected chi connectivity index (χ2v) is 8.79. The van der Waals surface area contributed by atoms with Crippen LogP contribution in [0.15, 0.2) is 64.8 Å². The van der Waals surface area contributed by atoms with Crippen LogP contribution >= 0.6 is 11.8 Å². The second-order valence-electron chi connectivity index (χ2n) is 6.00. The highest BCUT2D eigenvalue weighted by Gasteiger charge is 2.19. The molecule has 0 atom stereocenters. The monoisotopic (exact) mass is 401 g/mol. The largest absolute Gasteiger partial charge is 0.320 e. The molecule has 1 aromatic heterocycles. The first kappa shape index (κ1) is 19.2. The Labute approximate surface area is 162 Å². The lowest BCUT2D eigenvalue weighted by Gasteiger charge is -2.13. The van der Waals surface area contributed by atoms with Crippen molar-refractivity contribution in [2.24, 2.45) is 0 Å². The summed E-state index contributed by atoms with van der Waals surface area (Å²) in [4.78, 5) is 17.4. The van der Waals surface area contributed by atoms with Crippen molar-refractivity contribution in [1.29, 1.82) is 0 Å². The molecule has 0 aliphatic rings. The van der Waals surface area contributed by atoms with E-state index in [0.29, 0.717) is 16.5 Å². The number of rotatable bonds is 5. The van der Waals surface area contributed by atoms with Crippen LogP contribution < -0.4 is 5.32 Å². The lowest BCUT2D eigenvalue weighted by atomic mass is 10.2. The van der Waals surface area contributed by atoms with E-state index < -0.39 is 9.84 Å². The quantitative estimate of drug-likeness (QED) is 0.661. The first-order chi connectivity index (χ1) is 12.8. The standard InChI is InChI=1S/C19H19N3O3S2/c1-13-9-10-15(27(3,24)25)11-16(13)21-18(23)17-12-20-19(26-2)22(17)14-7-5-4-6-8-14/h4-12H,1-3H3,(H,21,23). The van der Waals surface area contributed by atoms with Gasteiger partial charge in [-0.2, -0.15) is 0 Å². The van der Waals surface area contributed by atoms with Crippen molar-refractivity contribution in [1.82, 2.24) is 9.55 Å². The van der Waals surface area contributed by atoms with Crippen molar-refractivity contribution in [3.8, 4) is 5.69 Å². The molecule has 0 saturated carbocycles. The van der Waals surface area contributed by atoms with Gasteiger partial charge < -0.3 is 5.32 Å². The average molecular weight is 402 g/mol. The number of aromatic nitrogens is 2. The van der Waals surface area contributed by atoms with Gasteiger partial charge in [0.05, 0.1) is 11.1 Å². The van der Waals surface area contributed by atoms with E-state index in [4.69, 9.17) is 0 Å². The number of hydrogen-bond donors (Lipinski definition) is 1. The van der Waals surface area contributed by atoms with E-state index in [9.17, 15) is 13.2 Å². The van der Waals surface area contributed by atoms with Gasteiger partial charge in [0, 0.05) is 17.6 Å². The predicted octanol–water partition coefficient (Wildman–Crippen LogP) is 3.56. The topological polar surface area (TPSA) is 81.1 Å². The Kier molecular flexibility index (Phi) is 5.38. The summed E-state index contributed by atoms with van der Waals surface area (Å²) in [6, 6.07) is 14.2. The van der Waals surface area contributed by atoms with E-state index in [1.54, 1.807) is 10.6 Å². The number of aryl methyl sites for hydroxylation is 1. The molecule has 0 aliphatic carbocycles. The first-order valence-electron chi connectivity index (χ1n) is 8.10. The summed E-state index contributed by atoms with van der Waals surface area (Å²) in [7, 11) is -3.37. The molecule has 1 amide bonds. The molecule has 140 valence electrons. The Morgan fingerprint density at radius 2 is 1.85 bits per heavy atom. The van der Waals surface area contributed by atoms with Crippen LogP contribution in [0.1, 0.15) is 16.1 Å². The number of para-hydroxylation sites is 1. The van der Waals surface area contributed by atoms with Gasteiger partial charge in [-0.15, -0.1) is 0 Å². The summed E-state index contributed by atoms with van der Waals surface area (Å²) in [5.74, 6) is -0.361. The van der Waals surface area contributed by atoms with E-state index in [0.717, 1.165) is 17.5 Å². The van der Waals surface area contributed by atoms with Gasteiger partial charge >= 0.3 is 0 Å². The van der Waals surface area contributed by atoms with Crippen molar-refractivity contribution < 1.29 is 13.2 Å². The summed E-state index contributed by atoms with van der Waals surface area (Å²) in [6.07, 6.45) is 4.55. The number of nitrogens with zero attached hydrogens (tertiary/aromatic N) is 2. The van der Waals surface area contributed by atoms with Crippen LogP contribution in [-0.4, -0.2) is 36.4 Å². The first-order valence-corrected chi connectivity index (χ1v) is 11.2. The zero-order valence-electron chi connectivity index (χ0n) is 15.1. The van der Waals surface area contributed by atoms with Crippen molar-refractivity contribution in [2.75, 3.05) is 17.8 Å². The highest BCUT2D eigenvalue weighted by atomic mass is 32.2. The number of thioether (sulfide) groups is 1. The summed E-state index contributed by atoms with van der Waals surface area (Å²) in [5.41, 5.74) is 2.42. The van der Waals surface area contributed by atoms with Crippen LogP contribution in [-0.2, 0) is 9.84 Å². The van der Waals surface area contributed by atoms with Crippen molar-refractivity contribution in [3.05, 3.63) is 66.0 Å². The minimum atomic E-state index is -3.37. The third kappa shape index (κ3) is 4.06. The molecule has 3 rings (SSSR count). The third-order valence-corrected chi connectivity index (χ3v) is 5.81. The molecule has 6 nitrogen and oxygen atoms in total. The van der Waals surface area contributed by atoms with Gasteiger partial charge in [-0.3, -0.25) is 9.36 Å². The van der Waals surface area contributed by atoms with Crippen LogP contribution in [0, 0.1) is 6.92 Å². The van der Waals surface area contributed by atoms with E-state index in [2.05, 4.69) is 10.3 Å². The third-order valence-electron chi connectivity index (χ3n) is 4.04. The normalized spacial score (nSPS) is 11.4. The number of sulfone groups is 1. The number of amides is 1. The smallest absolute Gasteiger partial charge is 0.274 e. The number of imidazole rings is 1. The van der Waals surface area contributed by atoms with Crippen LogP contribution in [0.4, 0.5) is 5.69 Å². The Bertz CT molecular complexity index is 1090. The number of benzene rings is 2. The fourth-order valence-electron chi connectivity index (χ4n) is 2.62. The molecule has 0 fully saturated rings. The lowest BCUT2D eigenvalue weighted by Crippen LogP contribution is -2.17. The predicted molar refractivity (Wildman–Crippen MR) is 108 cm³/mol. The van der Waals surface area contributed by atoms with Crippen LogP contribution in [0.2, 0.25) is 0 Å². The summed E-state index contributed by atoms with van der Waals surface area (Å²) < 4.78 is 25.4. The Hall–Kier alpha value is -2.58. The average Bonchev–Trinajstić information content (AvgIpc) is 3.07. The molecular weight excluding hydrogens is 382 g/mol. The van der Waals surface area contributed by atoms with Crippen molar-refractivity contribution >= 4 is 33.2 Å². The fourth-order valence-corrected chi connectivity index (χ4v) is 3.81. The van der Waals surface area contributed by atoms with Crippen molar-refractivity contribution in [3.63, 3.8) is 0 Å². The molecule has 2 aromatic carbocycles. The molecule has 0 aliphatic heterocycles. The molecule has 0 unspecified atom stereocenters. The summed E-state index contributed by atoms with van der Waals surface area (Å²) in [5, 5.41) is 3.50. The van der Waals surface area contributed by atoms with E-state index in [1.807, 2.05) is 43.5 Å². The minimum Gasteiger partial charge on any atom is -0.320 e. The Morgan fingerprint density at radius 1 is 1.15 bits per heavy atom. The van der Waals surface area contributed by atoms with Gasteiger partial charge in [0.2, 0.25) is 0 Å².